The number of carbonyl (C=O) groups is 1. The van der Waals surface area contributed by atoms with Crippen molar-refractivity contribution >= 4 is 5.91 Å². The smallest absolute Gasteiger partial charge is 0.237 e. The average molecular weight is 400 g/mol. The Hall–Kier alpha value is -2.92. The van der Waals surface area contributed by atoms with Crippen LogP contribution in [0.15, 0.2) is 22.6 Å². The topological polar surface area (TPSA) is 91.4 Å². The Kier molecular flexibility index (Phi) is 6.83. The molecule has 1 N–H and O–H groups in total. The fraction of sp³-hybridized carbons (Fsp3) is 0.476. The number of benzene rings is 1. The number of hydrogen-bond donors (Lipinski definition) is 1. The Balaban J connectivity index is 1.58. The van der Waals surface area contributed by atoms with Crippen LogP contribution >= 0.6 is 0 Å². The first kappa shape index (κ1) is 20.8. The molecule has 0 aliphatic carbocycles. The number of amides is 1. The van der Waals surface area contributed by atoms with E-state index in [-0.39, 0.29) is 24.3 Å². The fourth-order valence-electron chi connectivity index (χ4n) is 3.43. The van der Waals surface area contributed by atoms with Gasteiger partial charge in [0.25, 0.3) is 0 Å². The maximum absolute atomic E-state index is 13.5. The van der Waals surface area contributed by atoms with E-state index in [1.54, 1.807) is 11.0 Å². The summed E-state index contributed by atoms with van der Waals surface area (Å²) in [6.45, 7) is 5.44. The summed E-state index contributed by atoms with van der Waals surface area (Å²) in [5, 5.41) is 12.2. The predicted molar refractivity (Wildman–Crippen MR) is 105 cm³/mol. The van der Waals surface area contributed by atoms with Crippen LogP contribution < -0.4 is 10.1 Å². The quantitative estimate of drug-likeness (QED) is 0.685. The lowest BCUT2D eigenvalue weighted by Crippen LogP contribution is -2.41. The van der Waals surface area contributed by atoms with E-state index in [1.807, 2.05) is 13.8 Å². The molecule has 3 rings (SSSR count). The van der Waals surface area contributed by atoms with Gasteiger partial charge in [-0.15, -0.1) is 0 Å². The number of ether oxygens (including phenoxy) is 1. The van der Waals surface area contributed by atoms with Crippen molar-refractivity contribution in [3.63, 3.8) is 0 Å². The summed E-state index contributed by atoms with van der Waals surface area (Å²) >= 11 is 0. The number of hydrogen-bond acceptors (Lipinski definition) is 6. The van der Waals surface area contributed by atoms with Crippen LogP contribution in [0.2, 0.25) is 0 Å². The molecule has 1 aromatic heterocycles. The van der Waals surface area contributed by atoms with E-state index in [4.69, 9.17) is 14.4 Å². The lowest BCUT2D eigenvalue weighted by Gasteiger charge is -2.19. The second-order valence-corrected chi connectivity index (χ2v) is 6.90. The number of aryl methyl sites for hydroxylation is 1. The van der Waals surface area contributed by atoms with Crippen LogP contribution in [0, 0.1) is 24.1 Å². The molecule has 29 heavy (non-hydrogen) atoms. The predicted octanol–water partition coefficient (Wildman–Crippen LogP) is 2.83. The Morgan fingerprint density at radius 1 is 1.52 bits per heavy atom. The zero-order valence-electron chi connectivity index (χ0n) is 16.7. The van der Waals surface area contributed by atoms with Gasteiger partial charge in [-0.2, -0.15) is 5.26 Å². The van der Waals surface area contributed by atoms with E-state index < -0.39 is 0 Å². The number of nitrogens with one attached hydrogen (secondary N) is 1. The van der Waals surface area contributed by atoms with E-state index in [1.165, 1.54) is 12.1 Å². The molecule has 1 atom stereocenters. The van der Waals surface area contributed by atoms with Gasteiger partial charge >= 0.3 is 0 Å². The number of aromatic nitrogens is 1. The van der Waals surface area contributed by atoms with Crippen molar-refractivity contribution < 1.29 is 18.3 Å². The normalized spacial score (nSPS) is 16.1. The number of nitriles is 1. The van der Waals surface area contributed by atoms with Crippen molar-refractivity contribution in [3.8, 4) is 23.3 Å². The monoisotopic (exact) mass is 400 g/mol. The lowest BCUT2D eigenvalue weighted by molar-refractivity contribution is -0.130. The zero-order valence-corrected chi connectivity index (χ0v) is 16.7. The van der Waals surface area contributed by atoms with Crippen LogP contribution in [0.4, 0.5) is 4.39 Å². The van der Waals surface area contributed by atoms with Gasteiger partial charge in [0, 0.05) is 25.6 Å². The van der Waals surface area contributed by atoms with Crippen LogP contribution in [-0.4, -0.2) is 48.1 Å². The minimum atomic E-state index is -0.383. The fourth-order valence-corrected chi connectivity index (χ4v) is 3.43. The van der Waals surface area contributed by atoms with Crippen molar-refractivity contribution in [1.82, 2.24) is 15.2 Å². The standard InChI is InChI=1S/C21H25FN4O3/c1-3-28-19-11-15(22)6-7-17(19)21-25-18(14(2)29-21)8-9-24-13-20(27)26-10-4-5-16(26)12-23/h6-7,11,16,24H,3-5,8-10,13H2,1-2H3. The van der Waals surface area contributed by atoms with Gasteiger partial charge in [-0.1, -0.05) is 0 Å². The highest BCUT2D eigenvalue weighted by Crippen LogP contribution is 2.31. The molecular weight excluding hydrogens is 375 g/mol. The molecule has 1 aliphatic rings. The van der Waals surface area contributed by atoms with Crippen molar-refractivity contribution in [2.45, 2.75) is 39.2 Å². The third kappa shape index (κ3) is 4.93. The highest BCUT2D eigenvalue weighted by molar-refractivity contribution is 5.79. The van der Waals surface area contributed by atoms with Gasteiger partial charge in [-0.25, -0.2) is 9.37 Å². The highest BCUT2D eigenvalue weighted by atomic mass is 19.1. The molecule has 0 radical (unpaired) electrons. The van der Waals surface area contributed by atoms with Crippen molar-refractivity contribution in [3.05, 3.63) is 35.5 Å². The number of likely N-dealkylation sites (tertiary alicyclic amines) is 1. The molecule has 1 aromatic carbocycles. The maximum atomic E-state index is 13.5. The maximum Gasteiger partial charge on any atom is 0.237 e. The van der Waals surface area contributed by atoms with Gasteiger partial charge in [-0.3, -0.25) is 4.79 Å². The SMILES string of the molecule is CCOc1cc(F)ccc1-c1nc(CCNCC(=O)N2CCCC2C#N)c(C)o1. The second-order valence-electron chi connectivity index (χ2n) is 6.90. The molecule has 1 unspecified atom stereocenters. The Bertz CT molecular complexity index is 906. The van der Waals surface area contributed by atoms with Crippen molar-refractivity contribution in [2.75, 3.05) is 26.2 Å². The average Bonchev–Trinajstić information content (AvgIpc) is 3.32. The van der Waals surface area contributed by atoms with Gasteiger partial charge < -0.3 is 19.4 Å². The lowest BCUT2D eigenvalue weighted by atomic mass is 10.2. The van der Waals surface area contributed by atoms with E-state index in [9.17, 15) is 9.18 Å². The second kappa shape index (κ2) is 9.52. The van der Waals surface area contributed by atoms with Crippen LogP contribution in [-0.2, 0) is 11.2 Å². The number of carbonyl (C=O) groups excluding carboxylic acids is 1. The molecule has 154 valence electrons. The summed E-state index contributed by atoms with van der Waals surface area (Å²) in [7, 11) is 0. The summed E-state index contributed by atoms with van der Waals surface area (Å²) < 4.78 is 24.8. The van der Waals surface area contributed by atoms with Crippen molar-refractivity contribution in [2.24, 2.45) is 0 Å². The molecule has 1 amide bonds. The summed E-state index contributed by atoms with van der Waals surface area (Å²) in [4.78, 5) is 18.4. The Morgan fingerprint density at radius 2 is 2.34 bits per heavy atom. The molecule has 2 heterocycles. The van der Waals surface area contributed by atoms with Crippen LogP contribution in [0.1, 0.15) is 31.2 Å². The van der Waals surface area contributed by atoms with Gasteiger partial charge in [-0.05, 0) is 38.8 Å². The summed E-state index contributed by atoms with van der Waals surface area (Å²) in [6, 6.07) is 6.12. The molecule has 0 spiro atoms. The van der Waals surface area contributed by atoms with E-state index >= 15 is 0 Å². The third-order valence-corrected chi connectivity index (χ3v) is 4.90. The molecule has 0 saturated carbocycles. The van der Waals surface area contributed by atoms with Crippen molar-refractivity contribution in [1.29, 1.82) is 5.26 Å². The molecular formula is C21H25FN4O3. The summed E-state index contributed by atoms with van der Waals surface area (Å²) in [6.07, 6.45) is 2.20. The summed E-state index contributed by atoms with van der Waals surface area (Å²) in [5.74, 6) is 1.00. The van der Waals surface area contributed by atoms with Gasteiger partial charge in [0.1, 0.15) is 23.4 Å². The molecule has 2 aromatic rings. The molecule has 1 aliphatic heterocycles. The first-order valence-corrected chi connectivity index (χ1v) is 9.82. The Labute approximate surface area is 169 Å². The molecule has 0 bridgehead atoms. The van der Waals surface area contributed by atoms with Crippen LogP contribution in [0.25, 0.3) is 11.5 Å². The van der Waals surface area contributed by atoms with Crippen LogP contribution in [0.3, 0.4) is 0 Å². The third-order valence-electron chi connectivity index (χ3n) is 4.90. The Morgan fingerprint density at radius 3 is 3.10 bits per heavy atom. The largest absolute Gasteiger partial charge is 0.493 e. The van der Waals surface area contributed by atoms with Gasteiger partial charge in [0.2, 0.25) is 11.8 Å². The van der Waals surface area contributed by atoms with Gasteiger partial charge in [0.15, 0.2) is 0 Å². The highest BCUT2D eigenvalue weighted by Gasteiger charge is 2.27. The van der Waals surface area contributed by atoms with E-state index in [0.717, 1.165) is 18.5 Å². The van der Waals surface area contributed by atoms with Gasteiger partial charge in [0.05, 0.1) is 30.5 Å². The number of rotatable bonds is 8. The minimum absolute atomic E-state index is 0.0562. The molecule has 1 fully saturated rings. The molecule has 1 saturated heterocycles. The summed E-state index contributed by atoms with van der Waals surface area (Å²) in [5.41, 5.74) is 1.37. The minimum Gasteiger partial charge on any atom is -0.493 e. The number of halogens is 1. The van der Waals surface area contributed by atoms with Crippen LogP contribution in [0.5, 0.6) is 5.75 Å². The zero-order chi connectivity index (χ0) is 20.8. The molecule has 7 nitrogen and oxygen atoms in total. The molecule has 8 heteroatoms. The van der Waals surface area contributed by atoms with E-state index in [0.29, 0.717) is 49.1 Å². The number of oxazole rings is 1. The number of nitrogens with zero attached hydrogens (tertiary/aromatic N) is 3. The first-order valence-electron chi connectivity index (χ1n) is 9.82. The van der Waals surface area contributed by atoms with E-state index in [2.05, 4.69) is 16.4 Å². The first-order chi connectivity index (χ1) is 14.0.